The molecule has 0 bridgehead atoms. The normalized spacial score (nSPS) is 10.2. The molecule has 2 rings (SSSR count). The van der Waals surface area contributed by atoms with Crippen LogP contribution in [0.15, 0.2) is 42.5 Å². The number of hydrogen-bond donors (Lipinski definition) is 2. The minimum absolute atomic E-state index is 0.0132. The zero-order valence-electron chi connectivity index (χ0n) is 14.6. The Bertz CT molecular complexity index is 837. The maximum absolute atomic E-state index is 13.7. The largest absolute Gasteiger partial charge is 0.455 e. The number of amides is 2. The van der Waals surface area contributed by atoms with Crippen molar-refractivity contribution in [3.63, 3.8) is 0 Å². The maximum Gasteiger partial charge on any atom is 0.310 e. The molecular weight excluding hydrogens is 375 g/mol. The van der Waals surface area contributed by atoms with Gasteiger partial charge in [0.25, 0.3) is 11.8 Å². The van der Waals surface area contributed by atoms with E-state index in [-0.39, 0.29) is 22.9 Å². The van der Waals surface area contributed by atoms with Crippen LogP contribution in [0.1, 0.15) is 22.8 Å². The topological polar surface area (TPSA) is 84.5 Å². The Morgan fingerprint density at radius 1 is 1.15 bits per heavy atom. The summed E-state index contributed by atoms with van der Waals surface area (Å²) in [5, 5.41) is 5.29. The zero-order valence-corrected chi connectivity index (χ0v) is 15.3. The molecule has 0 atom stereocenters. The smallest absolute Gasteiger partial charge is 0.310 e. The number of hydrogen-bond acceptors (Lipinski definition) is 4. The molecule has 0 aromatic heterocycles. The standard InChI is InChI=1S/C19H18ClFN2O4/c1-2-22-19(26)12-5-3-6-13(9-12)23-17(24)11-27-18(25)10-14-15(20)7-4-8-16(14)21/h3-9H,2,10-11H2,1H3,(H,22,26)(H,23,24). The third-order valence-electron chi connectivity index (χ3n) is 3.49. The van der Waals surface area contributed by atoms with Gasteiger partial charge in [0.2, 0.25) is 0 Å². The van der Waals surface area contributed by atoms with Crippen LogP contribution in [0.3, 0.4) is 0 Å². The molecule has 2 amide bonds. The molecular formula is C19H18ClFN2O4. The van der Waals surface area contributed by atoms with Crippen molar-refractivity contribution in [1.82, 2.24) is 5.32 Å². The van der Waals surface area contributed by atoms with Gasteiger partial charge in [-0.25, -0.2) is 4.39 Å². The SMILES string of the molecule is CCNC(=O)c1cccc(NC(=O)COC(=O)Cc2c(F)cccc2Cl)c1. The van der Waals surface area contributed by atoms with E-state index in [1.807, 2.05) is 0 Å². The van der Waals surface area contributed by atoms with E-state index in [2.05, 4.69) is 10.6 Å². The van der Waals surface area contributed by atoms with Gasteiger partial charge in [-0.3, -0.25) is 14.4 Å². The van der Waals surface area contributed by atoms with E-state index >= 15 is 0 Å². The van der Waals surface area contributed by atoms with Crippen LogP contribution in [0, 0.1) is 5.82 Å². The van der Waals surface area contributed by atoms with Crippen LogP contribution >= 0.6 is 11.6 Å². The molecule has 0 saturated carbocycles. The van der Waals surface area contributed by atoms with Crippen molar-refractivity contribution < 1.29 is 23.5 Å². The predicted molar refractivity (Wildman–Crippen MR) is 99.2 cm³/mol. The van der Waals surface area contributed by atoms with E-state index in [1.54, 1.807) is 25.1 Å². The number of benzene rings is 2. The van der Waals surface area contributed by atoms with Crippen molar-refractivity contribution in [2.75, 3.05) is 18.5 Å². The number of esters is 1. The number of nitrogens with one attached hydrogen (secondary N) is 2. The minimum atomic E-state index is -0.784. The summed E-state index contributed by atoms with van der Waals surface area (Å²) in [6.07, 6.45) is -0.383. The molecule has 0 aliphatic rings. The van der Waals surface area contributed by atoms with Crippen molar-refractivity contribution in [3.8, 4) is 0 Å². The first-order valence-electron chi connectivity index (χ1n) is 8.17. The quantitative estimate of drug-likeness (QED) is 0.709. The van der Waals surface area contributed by atoms with Gasteiger partial charge in [-0.15, -0.1) is 0 Å². The van der Waals surface area contributed by atoms with Crippen LogP contribution in [0.5, 0.6) is 0 Å². The first-order chi connectivity index (χ1) is 12.9. The fraction of sp³-hybridized carbons (Fsp3) is 0.211. The van der Waals surface area contributed by atoms with Crippen molar-refractivity contribution in [3.05, 3.63) is 64.4 Å². The number of carbonyl (C=O) groups is 3. The second kappa shape index (κ2) is 9.68. The number of rotatable bonds is 7. The van der Waals surface area contributed by atoms with Gasteiger partial charge in [-0.1, -0.05) is 23.7 Å². The van der Waals surface area contributed by atoms with Crippen LogP contribution in [0.25, 0.3) is 0 Å². The Hall–Kier alpha value is -2.93. The van der Waals surface area contributed by atoms with Gasteiger partial charge in [0.15, 0.2) is 6.61 Å². The van der Waals surface area contributed by atoms with Gasteiger partial charge in [-0.05, 0) is 37.3 Å². The van der Waals surface area contributed by atoms with E-state index in [0.717, 1.165) is 0 Å². The number of carbonyl (C=O) groups excluding carboxylic acids is 3. The monoisotopic (exact) mass is 392 g/mol. The third-order valence-corrected chi connectivity index (χ3v) is 3.85. The molecule has 0 aliphatic heterocycles. The molecule has 0 radical (unpaired) electrons. The first-order valence-corrected chi connectivity index (χ1v) is 8.55. The van der Waals surface area contributed by atoms with E-state index in [4.69, 9.17) is 16.3 Å². The maximum atomic E-state index is 13.7. The molecule has 6 nitrogen and oxygen atoms in total. The van der Waals surface area contributed by atoms with E-state index in [1.165, 1.54) is 24.3 Å². The highest BCUT2D eigenvalue weighted by molar-refractivity contribution is 6.31. The minimum Gasteiger partial charge on any atom is -0.455 e. The summed E-state index contributed by atoms with van der Waals surface area (Å²) in [7, 11) is 0. The highest BCUT2D eigenvalue weighted by Gasteiger charge is 2.14. The average Bonchev–Trinajstić information content (AvgIpc) is 2.63. The van der Waals surface area contributed by atoms with Crippen molar-refractivity contribution >= 4 is 35.1 Å². The van der Waals surface area contributed by atoms with Gasteiger partial charge < -0.3 is 15.4 Å². The van der Waals surface area contributed by atoms with Gasteiger partial charge in [0.05, 0.1) is 6.42 Å². The van der Waals surface area contributed by atoms with E-state index in [0.29, 0.717) is 17.8 Å². The molecule has 142 valence electrons. The van der Waals surface area contributed by atoms with Gasteiger partial charge in [0, 0.05) is 28.4 Å². The van der Waals surface area contributed by atoms with E-state index < -0.39 is 24.3 Å². The summed E-state index contributed by atoms with van der Waals surface area (Å²) in [4.78, 5) is 35.5. The van der Waals surface area contributed by atoms with Crippen LogP contribution in [0.4, 0.5) is 10.1 Å². The Morgan fingerprint density at radius 3 is 2.59 bits per heavy atom. The fourth-order valence-electron chi connectivity index (χ4n) is 2.24. The van der Waals surface area contributed by atoms with E-state index in [9.17, 15) is 18.8 Å². The molecule has 0 spiro atoms. The summed E-state index contributed by atoms with van der Waals surface area (Å²) in [5.41, 5.74) is 0.789. The lowest BCUT2D eigenvalue weighted by atomic mass is 10.1. The lowest BCUT2D eigenvalue weighted by Gasteiger charge is -2.09. The molecule has 2 aromatic rings. The fourth-order valence-corrected chi connectivity index (χ4v) is 2.47. The lowest BCUT2D eigenvalue weighted by molar-refractivity contribution is -0.146. The molecule has 0 saturated heterocycles. The number of anilines is 1. The average molecular weight is 393 g/mol. The van der Waals surface area contributed by atoms with Crippen LogP contribution in [-0.2, 0) is 20.7 Å². The Balaban J connectivity index is 1.88. The van der Waals surface area contributed by atoms with Crippen LogP contribution < -0.4 is 10.6 Å². The molecule has 8 heteroatoms. The van der Waals surface area contributed by atoms with Crippen LogP contribution in [-0.4, -0.2) is 30.9 Å². The summed E-state index contributed by atoms with van der Waals surface area (Å²) >= 11 is 5.85. The van der Waals surface area contributed by atoms with Crippen molar-refractivity contribution in [2.24, 2.45) is 0 Å². The van der Waals surface area contributed by atoms with Crippen molar-refractivity contribution in [1.29, 1.82) is 0 Å². The Labute approximate surface area is 160 Å². The second-order valence-electron chi connectivity index (χ2n) is 5.53. The summed E-state index contributed by atoms with van der Waals surface area (Å²) in [6.45, 7) is 1.74. The molecule has 0 aliphatic carbocycles. The molecule has 0 fully saturated rings. The molecule has 0 unspecified atom stereocenters. The summed E-state index contributed by atoms with van der Waals surface area (Å²) in [6, 6.07) is 10.4. The third kappa shape index (κ3) is 6.07. The Morgan fingerprint density at radius 2 is 1.89 bits per heavy atom. The molecule has 27 heavy (non-hydrogen) atoms. The lowest BCUT2D eigenvalue weighted by Crippen LogP contribution is -2.24. The highest BCUT2D eigenvalue weighted by Crippen LogP contribution is 2.19. The van der Waals surface area contributed by atoms with Gasteiger partial charge >= 0.3 is 5.97 Å². The van der Waals surface area contributed by atoms with Gasteiger partial charge in [0.1, 0.15) is 5.82 Å². The van der Waals surface area contributed by atoms with Crippen molar-refractivity contribution in [2.45, 2.75) is 13.3 Å². The number of halogens is 2. The summed E-state index contributed by atoms with van der Waals surface area (Å²) in [5.74, 6) is -2.25. The number of ether oxygens (including phenoxy) is 1. The molecule has 0 heterocycles. The molecule has 2 N–H and O–H groups in total. The first kappa shape index (κ1) is 20.4. The van der Waals surface area contributed by atoms with Gasteiger partial charge in [-0.2, -0.15) is 0 Å². The zero-order chi connectivity index (χ0) is 19.8. The Kier molecular flexibility index (Phi) is 7.31. The summed E-state index contributed by atoms with van der Waals surface area (Å²) < 4.78 is 18.5. The van der Waals surface area contributed by atoms with Crippen LogP contribution in [0.2, 0.25) is 5.02 Å². The molecule has 2 aromatic carbocycles. The second-order valence-corrected chi connectivity index (χ2v) is 5.93. The predicted octanol–water partition coefficient (Wildman–Crippen LogP) is 2.95. The highest BCUT2D eigenvalue weighted by atomic mass is 35.5.